The van der Waals surface area contributed by atoms with Crippen LogP contribution >= 0.6 is 15.9 Å². The first-order valence-electron chi connectivity index (χ1n) is 6.30. The van der Waals surface area contributed by atoms with Crippen molar-refractivity contribution in [2.45, 2.75) is 32.7 Å². The van der Waals surface area contributed by atoms with Gasteiger partial charge in [-0.15, -0.1) is 0 Å². The van der Waals surface area contributed by atoms with Crippen molar-refractivity contribution < 1.29 is 4.79 Å². The van der Waals surface area contributed by atoms with Gasteiger partial charge in [-0.3, -0.25) is 4.79 Å². The minimum atomic E-state index is 0.0199. The zero-order valence-corrected chi connectivity index (χ0v) is 12.5. The summed E-state index contributed by atoms with van der Waals surface area (Å²) in [5.74, 6) is 0.116. The van der Waals surface area contributed by atoms with Crippen molar-refractivity contribution in [3.8, 4) is 0 Å². The molecule has 0 aliphatic heterocycles. The predicted octanol–water partition coefficient (Wildman–Crippen LogP) is 3.00. The Kier molecular flexibility index (Phi) is 6.36. The summed E-state index contributed by atoms with van der Waals surface area (Å²) in [7, 11) is 0. The van der Waals surface area contributed by atoms with Crippen LogP contribution in [0.25, 0.3) is 0 Å². The Balaban J connectivity index is 2.51. The Hall–Kier alpha value is -0.870. The van der Waals surface area contributed by atoms with Crippen molar-refractivity contribution in [1.29, 1.82) is 0 Å². The molecule has 0 aliphatic rings. The average molecular weight is 313 g/mol. The zero-order valence-electron chi connectivity index (χ0n) is 10.9. The maximum Gasteiger partial charge on any atom is 0.223 e. The van der Waals surface area contributed by atoms with Gasteiger partial charge in [0.05, 0.1) is 6.04 Å². The summed E-state index contributed by atoms with van der Waals surface area (Å²) in [5, 5.41) is 3.03. The molecule has 0 heterocycles. The van der Waals surface area contributed by atoms with Crippen LogP contribution in [-0.4, -0.2) is 12.5 Å². The van der Waals surface area contributed by atoms with Crippen LogP contribution in [0.15, 0.2) is 28.7 Å². The van der Waals surface area contributed by atoms with Crippen LogP contribution in [0.4, 0.5) is 0 Å². The standard InChI is InChI=1S/C14H21BrN2O/c1-10(4-3-9-16)14(18)17-11(2)12-5-7-13(15)8-6-12/h5-8,10-11H,3-4,9,16H2,1-2H3,(H,17,18)/t10?,11-/m0/s1. The highest BCUT2D eigenvalue weighted by molar-refractivity contribution is 9.10. The highest BCUT2D eigenvalue weighted by Crippen LogP contribution is 2.17. The van der Waals surface area contributed by atoms with Crippen LogP contribution in [0.2, 0.25) is 0 Å². The van der Waals surface area contributed by atoms with Crippen molar-refractivity contribution in [2.75, 3.05) is 6.54 Å². The molecule has 3 nitrogen and oxygen atoms in total. The van der Waals surface area contributed by atoms with Crippen LogP contribution < -0.4 is 11.1 Å². The molecule has 1 aromatic rings. The molecule has 100 valence electrons. The molecule has 0 aliphatic carbocycles. The molecule has 0 radical (unpaired) electrons. The second kappa shape index (κ2) is 7.54. The largest absolute Gasteiger partial charge is 0.349 e. The van der Waals surface area contributed by atoms with E-state index >= 15 is 0 Å². The molecule has 1 amide bonds. The lowest BCUT2D eigenvalue weighted by Crippen LogP contribution is -2.31. The molecule has 1 aromatic carbocycles. The second-order valence-corrected chi connectivity index (χ2v) is 5.53. The number of hydrogen-bond acceptors (Lipinski definition) is 2. The van der Waals surface area contributed by atoms with Gasteiger partial charge >= 0.3 is 0 Å². The number of rotatable bonds is 6. The van der Waals surface area contributed by atoms with Gasteiger partial charge in [0.2, 0.25) is 5.91 Å². The van der Waals surface area contributed by atoms with Gasteiger partial charge in [-0.1, -0.05) is 35.0 Å². The number of amides is 1. The van der Waals surface area contributed by atoms with E-state index in [0.717, 1.165) is 22.9 Å². The van der Waals surface area contributed by atoms with Gasteiger partial charge in [-0.05, 0) is 44.0 Å². The topological polar surface area (TPSA) is 55.1 Å². The van der Waals surface area contributed by atoms with Gasteiger partial charge < -0.3 is 11.1 Å². The smallest absolute Gasteiger partial charge is 0.223 e. The fourth-order valence-corrected chi connectivity index (χ4v) is 2.01. The van der Waals surface area contributed by atoms with E-state index in [9.17, 15) is 4.79 Å². The monoisotopic (exact) mass is 312 g/mol. The highest BCUT2D eigenvalue weighted by Gasteiger charge is 2.15. The Morgan fingerprint density at radius 2 is 1.94 bits per heavy atom. The van der Waals surface area contributed by atoms with E-state index in [0.29, 0.717) is 6.54 Å². The lowest BCUT2D eigenvalue weighted by Gasteiger charge is -2.18. The van der Waals surface area contributed by atoms with E-state index < -0.39 is 0 Å². The van der Waals surface area contributed by atoms with Gasteiger partial charge in [0.25, 0.3) is 0 Å². The van der Waals surface area contributed by atoms with E-state index in [-0.39, 0.29) is 17.9 Å². The first kappa shape index (κ1) is 15.2. The van der Waals surface area contributed by atoms with E-state index in [1.165, 1.54) is 0 Å². The van der Waals surface area contributed by atoms with Gasteiger partial charge in [0.15, 0.2) is 0 Å². The quantitative estimate of drug-likeness (QED) is 0.848. The summed E-state index contributed by atoms with van der Waals surface area (Å²) in [6.07, 6.45) is 1.73. The van der Waals surface area contributed by atoms with Crippen LogP contribution in [0.5, 0.6) is 0 Å². The maximum atomic E-state index is 11.9. The third kappa shape index (κ3) is 4.78. The van der Waals surface area contributed by atoms with Crippen molar-refractivity contribution in [1.82, 2.24) is 5.32 Å². The van der Waals surface area contributed by atoms with Crippen molar-refractivity contribution in [3.63, 3.8) is 0 Å². The number of carbonyl (C=O) groups excluding carboxylic acids is 1. The highest BCUT2D eigenvalue weighted by atomic mass is 79.9. The van der Waals surface area contributed by atoms with Gasteiger partial charge in [-0.2, -0.15) is 0 Å². The minimum Gasteiger partial charge on any atom is -0.349 e. The molecule has 4 heteroatoms. The lowest BCUT2D eigenvalue weighted by atomic mass is 10.0. The lowest BCUT2D eigenvalue weighted by molar-refractivity contribution is -0.125. The number of carbonyl (C=O) groups is 1. The van der Waals surface area contributed by atoms with Gasteiger partial charge in [0, 0.05) is 10.4 Å². The molecular formula is C14H21BrN2O. The summed E-state index contributed by atoms with van der Waals surface area (Å²) in [6, 6.07) is 8.02. The van der Waals surface area contributed by atoms with Crippen LogP contribution in [-0.2, 0) is 4.79 Å². The van der Waals surface area contributed by atoms with E-state index in [1.807, 2.05) is 38.1 Å². The SMILES string of the molecule is CC(CCCN)C(=O)N[C@@H](C)c1ccc(Br)cc1. The molecule has 3 N–H and O–H groups in total. The van der Waals surface area contributed by atoms with E-state index in [2.05, 4.69) is 21.2 Å². The Bertz CT molecular complexity index is 378. The number of nitrogens with one attached hydrogen (secondary N) is 1. The van der Waals surface area contributed by atoms with E-state index in [4.69, 9.17) is 5.73 Å². The van der Waals surface area contributed by atoms with Gasteiger partial charge in [0.1, 0.15) is 0 Å². The fourth-order valence-electron chi connectivity index (χ4n) is 1.75. The summed E-state index contributed by atoms with van der Waals surface area (Å²) >= 11 is 3.40. The zero-order chi connectivity index (χ0) is 13.5. The number of halogens is 1. The minimum absolute atomic E-state index is 0.0199. The molecule has 0 spiro atoms. The first-order valence-corrected chi connectivity index (χ1v) is 7.09. The molecule has 18 heavy (non-hydrogen) atoms. The Labute approximate surface area is 117 Å². The molecule has 2 atom stereocenters. The van der Waals surface area contributed by atoms with Crippen LogP contribution in [0.3, 0.4) is 0 Å². The molecule has 0 fully saturated rings. The van der Waals surface area contributed by atoms with Crippen molar-refractivity contribution in [3.05, 3.63) is 34.3 Å². The molecule has 0 aromatic heterocycles. The normalized spacial score (nSPS) is 14.0. The van der Waals surface area contributed by atoms with Crippen LogP contribution in [0.1, 0.15) is 38.3 Å². The third-order valence-electron chi connectivity index (χ3n) is 3.02. The molecule has 0 saturated heterocycles. The first-order chi connectivity index (χ1) is 8.54. The van der Waals surface area contributed by atoms with Crippen molar-refractivity contribution in [2.24, 2.45) is 11.7 Å². The summed E-state index contributed by atoms with van der Waals surface area (Å²) in [4.78, 5) is 11.9. The number of nitrogens with two attached hydrogens (primary N) is 1. The Morgan fingerprint density at radius 3 is 2.50 bits per heavy atom. The predicted molar refractivity (Wildman–Crippen MR) is 78.2 cm³/mol. The number of hydrogen-bond donors (Lipinski definition) is 2. The Morgan fingerprint density at radius 1 is 1.33 bits per heavy atom. The molecule has 0 bridgehead atoms. The fraction of sp³-hybridized carbons (Fsp3) is 0.500. The van der Waals surface area contributed by atoms with E-state index in [1.54, 1.807) is 0 Å². The summed E-state index contributed by atoms with van der Waals surface area (Å²) < 4.78 is 1.04. The molecular weight excluding hydrogens is 292 g/mol. The molecule has 1 rings (SSSR count). The average Bonchev–Trinajstić information content (AvgIpc) is 2.36. The molecule has 1 unspecified atom stereocenters. The maximum absolute atomic E-state index is 11.9. The second-order valence-electron chi connectivity index (χ2n) is 4.61. The third-order valence-corrected chi connectivity index (χ3v) is 3.55. The summed E-state index contributed by atoms with van der Waals surface area (Å²) in [6.45, 7) is 4.58. The number of benzene rings is 1. The molecule has 0 saturated carbocycles. The van der Waals surface area contributed by atoms with Gasteiger partial charge in [-0.25, -0.2) is 0 Å². The van der Waals surface area contributed by atoms with Crippen LogP contribution in [0, 0.1) is 5.92 Å². The summed E-state index contributed by atoms with van der Waals surface area (Å²) in [5.41, 5.74) is 6.56. The van der Waals surface area contributed by atoms with Crippen molar-refractivity contribution >= 4 is 21.8 Å².